The number of ketones is 1. The summed E-state index contributed by atoms with van der Waals surface area (Å²) in [7, 11) is 1.62. The van der Waals surface area contributed by atoms with Crippen molar-refractivity contribution in [2.45, 2.75) is 33.8 Å². The molecule has 1 atom stereocenters. The molecule has 0 aliphatic carbocycles. The lowest BCUT2D eigenvalue weighted by molar-refractivity contribution is -0.000464. The lowest BCUT2D eigenvalue weighted by Crippen LogP contribution is -2.37. The molecule has 0 aliphatic heterocycles. The van der Waals surface area contributed by atoms with Crippen molar-refractivity contribution in [3.63, 3.8) is 0 Å². The van der Waals surface area contributed by atoms with Gasteiger partial charge in [0.15, 0.2) is 5.78 Å². The Hall–Kier alpha value is -1.39. The number of benzene rings is 1. The number of Topliss-reactive ketones (excluding diaryl/α,β-unsaturated/α-hetero) is 1. The molecule has 0 aliphatic rings. The van der Waals surface area contributed by atoms with E-state index in [9.17, 15) is 4.79 Å². The van der Waals surface area contributed by atoms with Crippen molar-refractivity contribution >= 4 is 5.78 Å². The maximum atomic E-state index is 12.8. The van der Waals surface area contributed by atoms with Gasteiger partial charge in [-0.2, -0.15) is 0 Å². The molecule has 1 aromatic carbocycles. The first-order valence-electron chi connectivity index (χ1n) is 7.28. The van der Waals surface area contributed by atoms with Crippen LogP contribution in [0.1, 0.15) is 38.1 Å². The summed E-state index contributed by atoms with van der Waals surface area (Å²) in [5, 5.41) is 0. The van der Waals surface area contributed by atoms with E-state index in [2.05, 4.69) is 0 Å². The van der Waals surface area contributed by atoms with Gasteiger partial charge in [0, 0.05) is 13.7 Å². The van der Waals surface area contributed by atoms with Crippen molar-refractivity contribution in [3.05, 3.63) is 29.8 Å². The molecule has 0 saturated heterocycles. The fraction of sp³-hybridized carbons (Fsp3) is 0.588. The molecule has 0 spiro atoms. The number of hydrogen-bond donors (Lipinski definition) is 0. The van der Waals surface area contributed by atoms with Crippen LogP contribution < -0.4 is 4.74 Å². The summed E-state index contributed by atoms with van der Waals surface area (Å²) in [5.41, 5.74) is 0.286. The summed E-state index contributed by atoms with van der Waals surface area (Å²) in [6, 6.07) is 7.27. The summed E-state index contributed by atoms with van der Waals surface area (Å²) in [5.74, 6) is 0.533. The first-order valence-corrected chi connectivity index (χ1v) is 7.28. The number of carbonyl (C=O) groups is 1. The van der Waals surface area contributed by atoms with Crippen LogP contribution in [0.4, 0.5) is 0 Å². The van der Waals surface area contributed by atoms with Crippen LogP contribution in [-0.2, 0) is 9.47 Å². The fourth-order valence-electron chi connectivity index (χ4n) is 2.06. The van der Waals surface area contributed by atoms with Crippen LogP contribution in [0.15, 0.2) is 24.3 Å². The molecule has 0 amide bonds. The Bertz CT molecular complexity index is 448. The zero-order valence-corrected chi connectivity index (χ0v) is 13.6. The van der Waals surface area contributed by atoms with Crippen LogP contribution in [-0.4, -0.2) is 38.8 Å². The second-order valence-corrected chi connectivity index (χ2v) is 5.90. The van der Waals surface area contributed by atoms with Crippen molar-refractivity contribution in [3.8, 4) is 5.75 Å². The van der Waals surface area contributed by atoms with E-state index in [1.54, 1.807) is 19.2 Å². The minimum absolute atomic E-state index is 0.0441. The van der Waals surface area contributed by atoms with Gasteiger partial charge in [-0.3, -0.25) is 4.79 Å². The molecule has 4 nitrogen and oxygen atoms in total. The second kappa shape index (κ2) is 8.15. The lowest BCUT2D eigenvalue weighted by atomic mass is 9.84. The first-order chi connectivity index (χ1) is 9.91. The molecule has 0 radical (unpaired) electrons. The van der Waals surface area contributed by atoms with Gasteiger partial charge in [-0.25, -0.2) is 0 Å². The molecule has 0 saturated carbocycles. The molecule has 4 heteroatoms. The summed E-state index contributed by atoms with van der Waals surface area (Å²) in [6.07, 6.45) is -0.491. The highest BCUT2D eigenvalue weighted by molar-refractivity contribution is 6.02. The Balaban J connectivity index is 2.99. The first kappa shape index (κ1) is 17.7. The Morgan fingerprint density at radius 2 is 1.86 bits per heavy atom. The highest BCUT2D eigenvalue weighted by atomic mass is 16.5. The van der Waals surface area contributed by atoms with Crippen LogP contribution >= 0.6 is 0 Å². The van der Waals surface area contributed by atoms with E-state index in [0.29, 0.717) is 31.1 Å². The molecular weight excluding hydrogens is 268 g/mol. The minimum Gasteiger partial charge on any atom is -0.490 e. The van der Waals surface area contributed by atoms with E-state index < -0.39 is 6.10 Å². The van der Waals surface area contributed by atoms with Gasteiger partial charge >= 0.3 is 0 Å². The fourth-order valence-corrected chi connectivity index (χ4v) is 2.06. The molecule has 118 valence electrons. The van der Waals surface area contributed by atoms with Gasteiger partial charge in [0.25, 0.3) is 0 Å². The standard InChI is InChI=1S/C17H26O4/c1-6-20-16(17(2,3)4)15(18)13-9-7-8-10-14(13)21-12-11-19-5/h7-10,16H,6,11-12H2,1-5H3. The zero-order chi connectivity index (χ0) is 15.9. The topological polar surface area (TPSA) is 44.8 Å². The zero-order valence-electron chi connectivity index (χ0n) is 13.6. The van der Waals surface area contributed by atoms with E-state index in [1.807, 2.05) is 39.8 Å². The quantitative estimate of drug-likeness (QED) is 0.545. The van der Waals surface area contributed by atoms with Gasteiger partial charge in [-0.15, -0.1) is 0 Å². The predicted octanol–water partition coefficient (Wildman–Crippen LogP) is 3.35. The summed E-state index contributed by atoms with van der Waals surface area (Å²) < 4.78 is 16.3. The van der Waals surface area contributed by atoms with Crippen LogP contribution in [0, 0.1) is 5.41 Å². The normalized spacial score (nSPS) is 13.0. The van der Waals surface area contributed by atoms with E-state index in [-0.39, 0.29) is 11.2 Å². The van der Waals surface area contributed by atoms with Gasteiger partial charge in [-0.1, -0.05) is 32.9 Å². The van der Waals surface area contributed by atoms with Crippen LogP contribution in [0.5, 0.6) is 5.75 Å². The monoisotopic (exact) mass is 294 g/mol. The van der Waals surface area contributed by atoms with E-state index in [0.717, 1.165) is 0 Å². The molecule has 0 aromatic heterocycles. The summed E-state index contributed by atoms with van der Waals surface area (Å²) in [4.78, 5) is 12.8. The third kappa shape index (κ3) is 5.14. The van der Waals surface area contributed by atoms with Crippen molar-refractivity contribution in [1.29, 1.82) is 0 Å². The van der Waals surface area contributed by atoms with Gasteiger partial charge in [0.1, 0.15) is 18.5 Å². The Labute approximate surface area is 127 Å². The van der Waals surface area contributed by atoms with E-state index in [1.165, 1.54) is 0 Å². The van der Waals surface area contributed by atoms with Crippen LogP contribution in [0.3, 0.4) is 0 Å². The number of methoxy groups -OCH3 is 1. The molecule has 0 N–H and O–H groups in total. The summed E-state index contributed by atoms with van der Waals surface area (Å²) in [6.45, 7) is 9.29. The molecule has 0 heterocycles. The molecule has 0 fully saturated rings. The molecular formula is C17H26O4. The van der Waals surface area contributed by atoms with Crippen molar-refractivity contribution in [1.82, 2.24) is 0 Å². The SMILES string of the molecule is CCOC(C(=O)c1ccccc1OCCOC)C(C)(C)C. The van der Waals surface area contributed by atoms with Crippen molar-refractivity contribution in [2.24, 2.45) is 5.41 Å². The number of para-hydroxylation sites is 1. The van der Waals surface area contributed by atoms with Crippen LogP contribution in [0.25, 0.3) is 0 Å². The van der Waals surface area contributed by atoms with Crippen LogP contribution in [0.2, 0.25) is 0 Å². The minimum atomic E-state index is -0.491. The Morgan fingerprint density at radius 3 is 2.43 bits per heavy atom. The number of rotatable bonds is 8. The van der Waals surface area contributed by atoms with Gasteiger partial charge in [0.2, 0.25) is 0 Å². The number of hydrogen-bond acceptors (Lipinski definition) is 4. The molecule has 1 aromatic rings. The highest BCUT2D eigenvalue weighted by Crippen LogP contribution is 2.29. The summed E-state index contributed by atoms with van der Waals surface area (Å²) >= 11 is 0. The average Bonchev–Trinajstić information content (AvgIpc) is 2.43. The van der Waals surface area contributed by atoms with E-state index >= 15 is 0 Å². The van der Waals surface area contributed by atoms with Gasteiger partial charge in [0.05, 0.1) is 12.2 Å². The van der Waals surface area contributed by atoms with Gasteiger partial charge < -0.3 is 14.2 Å². The number of ether oxygens (including phenoxy) is 3. The third-order valence-electron chi connectivity index (χ3n) is 3.06. The largest absolute Gasteiger partial charge is 0.490 e. The average molecular weight is 294 g/mol. The second-order valence-electron chi connectivity index (χ2n) is 5.90. The third-order valence-corrected chi connectivity index (χ3v) is 3.06. The van der Waals surface area contributed by atoms with E-state index in [4.69, 9.17) is 14.2 Å². The Morgan fingerprint density at radius 1 is 1.19 bits per heavy atom. The smallest absolute Gasteiger partial charge is 0.195 e. The van der Waals surface area contributed by atoms with Crippen molar-refractivity contribution < 1.29 is 19.0 Å². The molecule has 21 heavy (non-hydrogen) atoms. The maximum Gasteiger partial charge on any atom is 0.195 e. The highest BCUT2D eigenvalue weighted by Gasteiger charge is 2.33. The molecule has 0 bridgehead atoms. The maximum absolute atomic E-state index is 12.8. The van der Waals surface area contributed by atoms with Crippen molar-refractivity contribution in [2.75, 3.05) is 26.9 Å². The number of carbonyl (C=O) groups excluding carboxylic acids is 1. The van der Waals surface area contributed by atoms with Gasteiger partial charge in [-0.05, 0) is 24.5 Å². The lowest BCUT2D eigenvalue weighted by Gasteiger charge is -2.29. The molecule has 1 rings (SSSR count). The Kier molecular flexibility index (Phi) is 6.85. The molecule has 1 unspecified atom stereocenters. The predicted molar refractivity (Wildman–Crippen MR) is 83.0 cm³/mol.